The Labute approximate surface area is 303 Å². The highest BCUT2D eigenvalue weighted by Crippen LogP contribution is 2.39. The van der Waals surface area contributed by atoms with Gasteiger partial charge in [0.2, 0.25) is 0 Å². The molecule has 0 saturated heterocycles. The van der Waals surface area contributed by atoms with Crippen LogP contribution in [0.2, 0.25) is 0 Å². The molecule has 0 fully saturated rings. The van der Waals surface area contributed by atoms with Gasteiger partial charge < -0.3 is 28.4 Å². The van der Waals surface area contributed by atoms with Crippen molar-refractivity contribution >= 4 is 32.7 Å². The molecule has 52 heavy (non-hydrogen) atoms. The number of nitrogens with zero attached hydrogens (tertiary/aromatic N) is 6. The second-order valence-electron chi connectivity index (χ2n) is 15.7. The van der Waals surface area contributed by atoms with E-state index >= 15 is 0 Å². The monoisotopic (exact) mass is 714 g/mol. The van der Waals surface area contributed by atoms with E-state index < -0.39 is 11.6 Å². The largest absolute Gasteiger partial charge is 0.346 e. The molecular formula is C42H50F4N6. The first-order chi connectivity index (χ1) is 24.7. The molecule has 3 unspecified atom stereocenters. The molecule has 0 spiro atoms. The Morgan fingerprint density at radius 3 is 1.19 bits per heavy atom. The van der Waals surface area contributed by atoms with Crippen LogP contribution >= 0.6 is 0 Å². The molecule has 6 heterocycles. The quantitative estimate of drug-likeness (QED) is 0.172. The van der Waals surface area contributed by atoms with Crippen LogP contribution in [0, 0.1) is 23.3 Å². The number of likely N-dealkylation sites (N-methyl/N-ethyl adjacent to an activating group) is 3. The molecule has 0 aliphatic carbocycles. The average molecular weight is 715 g/mol. The van der Waals surface area contributed by atoms with Crippen LogP contribution in [0.3, 0.4) is 0 Å². The van der Waals surface area contributed by atoms with Crippen molar-refractivity contribution < 1.29 is 17.6 Å². The van der Waals surface area contributed by atoms with Crippen molar-refractivity contribution in [3.05, 3.63) is 107 Å². The molecule has 6 aromatic rings. The second-order valence-corrected chi connectivity index (χ2v) is 15.7. The molecule has 0 radical (unpaired) electrons. The van der Waals surface area contributed by atoms with Crippen LogP contribution in [0.25, 0.3) is 32.7 Å². The first-order valence-corrected chi connectivity index (χ1v) is 18.2. The minimum absolute atomic E-state index is 0.113. The topological polar surface area (TPSA) is 24.5 Å². The molecule has 10 heteroatoms. The normalized spacial score (nSPS) is 23.4. The van der Waals surface area contributed by atoms with Gasteiger partial charge >= 0.3 is 0 Å². The number of hydrogen-bond acceptors (Lipinski definition) is 3. The van der Waals surface area contributed by atoms with E-state index in [1.165, 1.54) is 17.2 Å². The van der Waals surface area contributed by atoms with Gasteiger partial charge in [-0.3, -0.25) is 0 Å². The highest BCUT2D eigenvalue weighted by molar-refractivity contribution is 5.87. The number of hydrogen-bond donors (Lipinski definition) is 0. The van der Waals surface area contributed by atoms with Crippen LogP contribution < -0.4 is 0 Å². The van der Waals surface area contributed by atoms with Crippen molar-refractivity contribution in [1.29, 1.82) is 0 Å². The molecule has 6 atom stereocenters. The Hall–Kier alpha value is -4.12. The van der Waals surface area contributed by atoms with Gasteiger partial charge in [-0.2, -0.15) is 0 Å². The lowest BCUT2D eigenvalue weighted by molar-refractivity contribution is 0.228. The minimum Gasteiger partial charge on any atom is -0.346 e. The third-order valence-corrected chi connectivity index (χ3v) is 12.1. The Morgan fingerprint density at radius 1 is 0.462 bits per heavy atom. The molecular weight excluding hydrogens is 664 g/mol. The van der Waals surface area contributed by atoms with Crippen LogP contribution in [0.15, 0.2) is 67.1 Å². The van der Waals surface area contributed by atoms with Crippen molar-refractivity contribution in [2.75, 3.05) is 42.3 Å². The van der Waals surface area contributed by atoms with Gasteiger partial charge in [-0.05, 0) is 95.4 Å². The molecule has 3 aliphatic rings. The Morgan fingerprint density at radius 2 is 0.808 bits per heavy atom. The Kier molecular flexibility index (Phi) is 9.55. The van der Waals surface area contributed by atoms with Gasteiger partial charge in [0, 0.05) is 90.3 Å². The lowest BCUT2D eigenvalue weighted by Gasteiger charge is -2.35. The van der Waals surface area contributed by atoms with Crippen molar-refractivity contribution in [1.82, 2.24) is 28.4 Å². The standard InChI is InChI=1S/C14H16F2N2.2C14H17FN2/c1-8-10-6-11(15)13(16)9-4-5-18(14(9)10)7-12(8)17(2)3;2*1-9-10-4-5-12(15)11-6-7-17(14(10)11)8-13(9)16(2)3/h4-6,8,12H,7H2,1-3H3;2*4-7,9,13H,8H2,1-3H3/t8?,12-;2*9?,13-/m110/s1. The van der Waals surface area contributed by atoms with Crippen molar-refractivity contribution in [3.63, 3.8) is 0 Å². The molecule has 0 bridgehead atoms. The smallest absolute Gasteiger partial charge is 0.168 e. The fourth-order valence-electron chi connectivity index (χ4n) is 9.08. The third-order valence-electron chi connectivity index (χ3n) is 12.1. The molecule has 3 aliphatic heterocycles. The summed E-state index contributed by atoms with van der Waals surface area (Å²) in [6.45, 7) is 9.23. The lowest BCUT2D eigenvalue weighted by Crippen LogP contribution is -2.39. The molecule has 0 saturated carbocycles. The number of benzene rings is 3. The fourth-order valence-corrected chi connectivity index (χ4v) is 9.08. The average Bonchev–Trinajstić information content (AvgIpc) is 3.85. The predicted octanol–water partition coefficient (Wildman–Crippen LogP) is 8.62. The van der Waals surface area contributed by atoms with E-state index in [4.69, 9.17) is 0 Å². The number of rotatable bonds is 3. The summed E-state index contributed by atoms with van der Waals surface area (Å²) in [5.41, 5.74) is 6.43. The summed E-state index contributed by atoms with van der Waals surface area (Å²) in [7, 11) is 12.5. The van der Waals surface area contributed by atoms with Crippen LogP contribution in [-0.2, 0) is 19.6 Å². The van der Waals surface area contributed by atoms with Crippen LogP contribution in [0.4, 0.5) is 17.6 Å². The summed E-state index contributed by atoms with van der Waals surface area (Å²) in [6, 6.07) is 15.1. The third kappa shape index (κ3) is 5.93. The first-order valence-electron chi connectivity index (χ1n) is 18.2. The van der Waals surface area contributed by atoms with E-state index in [2.05, 4.69) is 72.8 Å². The van der Waals surface area contributed by atoms with Gasteiger partial charge in [-0.1, -0.05) is 32.9 Å². The summed E-state index contributed by atoms with van der Waals surface area (Å²) >= 11 is 0. The maximum Gasteiger partial charge on any atom is 0.168 e. The summed E-state index contributed by atoms with van der Waals surface area (Å²) in [6.07, 6.45) is 5.85. The predicted molar refractivity (Wildman–Crippen MR) is 203 cm³/mol. The minimum atomic E-state index is -0.749. The highest BCUT2D eigenvalue weighted by Gasteiger charge is 2.32. The zero-order chi connectivity index (χ0) is 37.3. The van der Waals surface area contributed by atoms with Crippen molar-refractivity contribution in [3.8, 4) is 0 Å². The van der Waals surface area contributed by atoms with Gasteiger partial charge in [-0.25, -0.2) is 17.6 Å². The van der Waals surface area contributed by atoms with E-state index in [0.717, 1.165) is 52.5 Å². The van der Waals surface area contributed by atoms with Crippen molar-refractivity contribution in [2.45, 2.75) is 76.3 Å². The zero-order valence-electron chi connectivity index (χ0n) is 31.6. The summed E-state index contributed by atoms with van der Waals surface area (Å²) < 4.78 is 61.2. The van der Waals surface area contributed by atoms with E-state index in [-0.39, 0.29) is 17.6 Å². The Bertz CT molecular complexity index is 2160. The second kappa shape index (κ2) is 13.7. The van der Waals surface area contributed by atoms with Crippen LogP contribution in [0.1, 0.15) is 55.2 Å². The number of aromatic nitrogens is 3. The summed E-state index contributed by atoms with van der Waals surface area (Å²) in [4.78, 5) is 6.65. The van der Waals surface area contributed by atoms with Crippen LogP contribution in [-0.4, -0.2) is 88.8 Å². The first kappa shape index (κ1) is 36.2. The van der Waals surface area contributed by atoms with E-state index in [9.17, 15) is 17.6 Å². The zero-order valence-corrected chi connectivity index (χ0v) is 31.6. The van der Waals surface area contributed by atoms with E-state index in [0.29, 0.717) is 35.3 Å². The van der Waals surface area contributed by atoms with Gasteiger partial charge in [0.1, 0.15) is 11.6 Å². The summed E-state index contributed by atoms with van der Waals surface area (Å²) in [5, 5.41) is 1.91. The van der Waals surface area contributed by atoms with Gasteiger partial charge in [0.05, 0.1) is 16.6 Å². The molecule has 0 amide bonds. The van der Waals surface area contributed by atoms with E-state index in [1.807, 2.05) is 61.5 Å². The molecule has 3 aromatic carbocycles. The highest BCUT2D eigenvalue weighted by atomic mass is 19.2. The molecule has 3 aromatic heterocycles. The van der Waals surface area contributed by atoms with Crippen molar-refractivity contribution in [2.24, 2.45) is 0 Å². The Balaban J connectivity index is 0.000000121. The van der Waals surface area contributed by atoms with Gasteiger partial charge in [0.15, 0.2) is 11.6 Å². The lowest BCUT2D eigenvalue weighted by atomic mass is 9.88. The molecule has 6 nitrogen and oxygen atoms in total. The molecule has 9 rings (SSSR count). The summed E-state index contributed by atoms with van der Waals surface area (Å²) in [5.74, 6) is -0.633. The maximum absolute atomic E-state index is 13.7. The molecule has 276 valence electrons. The fraction of sp³-hybridized carbons (Fsp3) is 0.429. The number of halogens is 4. The SMILES string of the molecule is CC1c2cc(F)c(F)c3ccn(c23)C[C@H]1N(C)C.CC1c2ccc(F)c3ccn(c23)C[C@@H]1N(C)C.CC1c2ccc(F)c3ccn(c23)C[C@H]1N(C)C. The van der Waals surface area contributed by atoms with E-state index in [1.54, 1.807) is 18.2 Å². The van der Waals surface area contributed by atoms with Gasteiger partial charge in [0.25, 0.3) is 0 Å². The maximum atomic E-state index is 13.7. The van der Waals surface area contributed by atoms with Gasteiger partial charge in [-0.15, -0.1) is 0 Å². The van der Waals surface area contributed by atoms with Crippen LogP contribution in [0.5, 0.6) is 0 Å². The molecule has 0 N–H and O–H groups in total.